The highest BCUT2D eigenvalue weighted by molar-refractivity contribution is 7.20. The number of rotatable bonds is 1. The third kappa shape index (κ3) is 2.35. The summed E-state index contributed by atoms with van der Waals surface area (Å²) in [6.07, 6.45) is 6.79. The molecule has 0 aromatic carbocycles. The van der Waals surface area contributed by atoms with E-state index in [-0.39, 0.29) is 5.56 Å². The van der Waals surface area contributed by atoms with Crippen molar-refractivity contribution >= 4 is 21.4 Å². The van der Waals surface area contributed by atoms with Crippen molar-refractivity contribution in [2.45, 2.75) is 39.0 Å². The fourth-order valence-electron chi connectivity index (χ4n) is 3.81. The van der Waals surface area contributed by atoms with E-state index >= 15 is 0 Å². The van der Waals surface area contributed by atoms with Crippen molar-refractivity contribution in [1.82, 2.24) is 14.6 Å². The van der Waals surface area contributed by atoms with Crippen molar-refractivity contribution < 1.29 is 0 Å². The molecule has 3 heterocycles. The maximum Gasteiger partial charge on any atom is 0.275 e. The Morgan fingerprint density at radius 1 is 1.24 bits per heavy atom. The van der Waals surface area contributed by atoms with Crippen molar-refractivity contribution in [2.24, 2.45) is 11.8 Å². The Balaban J connectivity index is 1.64. The van der Waals surface area contributed by atoms with E-state index in [1.807, 2.05) is 6.92 Å². The predicted octanol–water partition coefficient (Wildman–Crippen LogP) is 2.48. The Morgan fingerprint density at radius 2 is 2.05 bits per heavy atom. The van der Waals surface area contributed by atoms with Crippen LogP contribution in [0.2, 0.25) is 0 Å². The number of fused-ring (bicyclic) bond motifs is 2. The predicted molar refractivity (Wildman–Crippen MR) is 84.1 cm³/mol. The average Bonchev–Trinajstić information content (AvgIpc) is 2.91. The van der Waals surface area contributed by atoms with Gasteiger partial charge in [0.1, 0.15) is 0 Å². The van der Waals surface area contributed by atoms with Crippen LogP contribution >= 0.6 is 11.3 Å². The van der Waals surface area contributed by atoms with Gasteiger partial charge < -0.3 is 4.90 Å². The highest BCUT2D eigenvalue weighted by atomic mass is 32.1. The molecule has 1 aliphatic heterocycles. The number of hydrogen-bond donors (Lipinski definition) is 0. The molecule has 0 spiro atoms. The van der Waals surface area contributed by atoms with Gasteiger partial charge in [0.25, 0.3) is 5.56 Å². The second kappa shape index (κ2) is 5.09. The van der Waals surface area contributed by atoms with Crippen molar-refractivity contribution in [1.29, 1.82) is 0 Å². The minimum atomic E-state index is -0.0763. The molecule has 0 radical (unpaired) electrons. The molecule has 0 unspecified atom stereocenters. The monoisotopic (exact) mass is 304 g/mol. The zero-order valence-electron chi connectivity index (χ0n) is 12.3. The van der Waals surface area contributed by atoms with Gasteiger partial charge in [-0.25, -0.2) is 4.98 Å². The number of piperidine rings is 1. The molecule has 21 heavy (non-hydrogen) atoms. The summed E-state index contributed by atoms with van der Waals surface area (Å²) in [6.45, 7) is 4.02. The molecule has 1 saturated heterocycles. The highest BCUT2D eigenvalue weighted by Gasteiger charge is 2.32. The summed E-state index contributed by atoms with van der Waals surface area (Å²) in [7, 11) is 0. The molecule has 2 atom stereocenters. The first kappa shape index (κ1) is 13.2. The Bertz CT molecular complexity index is 722. The van der Waals surface area contributed by atoms with Crippen LogP contribution in [0.25, 0.3) is 4.96 Å². The van der Waals surface area contributed by atoms with Crippen LogP contribution in [0.1, 0.15) is 37.8 Å². The Labute approximate surface area is 127 Å². The standard InChI is InChI=1S/C15H20N4OS/c1-10-8-13(20)19-14(16-10)21-15(17-19)18-7-6-11-4-2-3-5-12(11)9-18/h8,11-12H,2-7,9H2,1H3/t11-,12-/m0/s1. The first-order valence-corrected chi connectivity index (χ1v) is 8.65. The molecule has 6 heteroatoms. The molecule has 112 valence electrons. The summed E-state index contributed by atoms with van der Waals surface area (Å²) < 4.78 is 1.44. The van der Waals surface area contributed by atoms with Gasteiger partial charge in [0.05, 0.1) is 0 Å². The van der Waals surface area contributed by atoms with Crippen LogP contribution in [0, 0.1) is 18.8 Å². The van der Waals surface area contributed by atoms with Crippen LogP contribution in [-0.2, 0) is 0 Å². The van der Waals surface area contributed by atoms with Gasteiger partial charge in [-0.2, -0.15) is 4.52 Å². The summed E-state index contributed by atoms with van der Waals surface area (Å²) >= 11 is 1.54. The van der Waals surface area contributed by atoms with Crippen molar-refractivity contribution in [2.75, 3.05) is 18.0 Å². The fourth-order valence-corrected chi connectivity index (χ4v) is 4.80. The summed E-state index contributed by atoms with van der Waals surface area (Å²) in [5, 5.41) is 5.45. The van der Waals surface area contributed by atoms with Gasteiger partial charge in [0, 0.05) is 24.8 Å². The summed E-state index contributed by atoms with van der Waals surface area (Å²) in [5.74, 6) is 1.72. The molecule has 2 aromatic heterocycles. The average molecular weight is 304 g/mol. The van der Waals surface area contributed by atoms with Crippen LogP contribution in [0.5, 0.6) is 0 Å². The van der Waals surface area contributed by atoms with Crippen LogP contribution in [0.4, 0.5) is 5.13 Å². The van der Waals surface area contributed by atoms with Crippen LogP contribution in [-0.4, -0.2) is 27.7 Å². The minimum Gasteiger partial charge on any atom is -0.346 e. The fraction of sp³-hybridized carbons (Fsp3) is 0.667. The normalized spacial score (nSPS) is 26.0. The topological polar surface area (TPSA) is 50.5 Å². The maximum atomic E-state index is 12.0. The van der Waals surface area contributed by atoms with E-state index in [9.17, 15) is 4.79 Å². The number of hydrogen-bond acceptors (Lipinski definition) is 5. The van der Waals surface area contributed by atoms with E-state index in [2.05, 4.69) is 15.0 Å². The Morgan fingerprint density at radius 3 is 2.90 bits per heavy atom. The lowest BCUT2D eigenvalue weighted by atomic mass is 9.75. The molecule has 1 aliphatic carbocycles. The molecule has 1 saturated carbocycles. The lowest BCUT2D eigenvalue weighted by Crippen LogP contribution is -2.41. The minimum absolute atomic E-state index is 0.0763. The molecule has 0 N–H and O–H groups in total. The van der Waals surface area contributed by atoms with Crippen molar-refractivity contribution in [3.8, 4) is 0 Å². The molecular formula is C15H20N4OS. The summed E-state index contributed by atoms with van der Waals surface area (Å²) in [5.41, 5.74) is 0.689. The molecule has 4 rings (SSSR count). The first-order chi connectivity index (χ1) is 10.2. The second-order valence-corrected chi connectivity index (χ2v) is 7.29. The zero-order valence-corrected chi connectivity index (χ0v) is 13.1. The number of aryl methyl sites for hydroxylation is 1. The van der Waals surface area contributed by atoms with E-state index in [4.69, 9.17) is 0 Å². The van der Waals surface area contributed by atoms with E-state index in [0.29, 0.717) is 4.96 Å². The third-order valence-electron chi connectivity index (χ3n) is 4.92. The quantitative estimate of drug-likeness (QED) is 0.812. The first-order valence-electron chi connectivity index (χ1n) is 7.83. The van der Waals surface area contributed by atoms with Crippen LogP contribution in [0.3, 0.4) is 0 Å². The van der Waals surface area contributed by atoms with Gasteiger partial charge in [0.15, 0.2) is 0 Å². The van der Waals surface area contributed by atoms with E-state index in [1.165, 1.54) is 48.0 Å². The van der Waals surface area contributed by atoms with Gasteiger partial charge in [-0.1, -0.05) is 30.6 Å². The number of nitrogens with zero attached hydrogens (tertiary/aromatic N) is 4. The van der Waals surface area contributed by atoms with Gasteiger partial charge in [-0.05, 0) is 31.6 Å². The lowest BCUT2D eigenvalue weighted by molar-refractivity contribution is 0.202. The smallest absolute Gasteiger partial charge is 0.275 e. The molecule has 0 bridgehead atoms. The van der Waals surface area contributed by atoms with Crippen molar-refractivity contribution in [3.63, 3.8) is 0 Å². The lowest BCUT2D eigenvalue weighted by Gasteiger charge is -2.41. The molecule has 2 aliphatic rings. The zero-order chi connectivity index (χ0) is 14.4. The second-order valence-electron chi connectivity index (χ2n) is 6.35. The maximum absolute atomic E-state index is 12.0. The molecule has 2 aromatic rings. The third-order valence-corrected chi connectivity index (χ3v) is 5.89. The largest absolute Gasteiger partial charge is 0.346 e. The Kier molecular flexibility index (Phi) is 3.21. The molecule has 5 nitrogen and oxygen atoms in total. The summed E-state index contributed by atoms with van der Waals surface area (Å²) in [6, 6.07) is 1.55. The van der Waals surface area contributed by atoms with Gasteiger partial charge in [0.2, 0.25) is 10.1 Å². The van der Waals surface area contributed by atoms with E-state index < -0.39 is 0 Å². The Hall–Kier alpha value is -1.43. The van der Waals surface area contributed by atoms with Gasteiger partial charge in [-0.3, -0.25) is 4.79 Å². The van der Waals surface area contributed by atoms with Gasteiger partial charge in [-0.15, -0.1) is 5.10 Å². The van der Waals surface area contributed by atoms with Gasteiger partial charge >= 0.3 is 0 Å². The van der Waals surface area contributed by atoms with Crippen LogP contribution in [0.15, 0.2) is 10.9 Å². The van der Waals surface area contributed by atoms with Crippen LogP contribution < -0.4 is 10.5 Å². The summed E-state index contributed by atoms with van der Waals surface area (Å²) in [4.78, 5) is 19.5. The highest BCUT2D eigenvalue weighted by Crippen LogP contribution is 2.38. The van der Waals surface area contributed by atoms with Crippen molar-refractivity contribution in [3.05, 3.63) is 22.1 Å². The van der Waals surface area contributed by atoms with E-state index in [0.717, 1.165) is 35.8 Å². The SMILES string of the molecule is Cc1cc(=O)n2nc(N3CC[C@@H]4CCCC[C@H]4C3)sc2n1. The molecule has 0 amide bonds. The van der Waals surface area contributed by atoms with E-state index in [1.54, 1.807) is 6.07 Å². The number of anilines is 1. The number of aromatic nitrogens is 3. The molecule has 2 fully saturated rings. The molecular weight excluding hydrogens is 284 g/mol.